The summed E-state index contributed by atoms with van der Waals surface area (Å²) in [7, 11) is 0. The Bertz CT molecular complexity index is 948. The van der Waals surface area contributed by atoms with E-state index in [0.29, 0.717) is 6.42 Å². The average molecular weight is 344 g/mol. The molecule has 1 aliphatic rings. The molecule has 3 aromatic rings. The maximum absolute atomic E-state index is 12.5. The van der Waals surface area contributed by atoms with Gasteiger partial charge >= 0.3 is 0 Å². The van der Waals surface area contributed by atoms with Gasteiger partial charge in [0, 0.05) is 12.1 Å². The van der Waals surface area contributed by atoms with Crippen molar-refractivity contribution < 1.29 is 4.79 Å². The number of benzene rings is 3. The maximum atomic E-state index is 12.5. The van der Waals surface area contributed by atoms with Gasteiger partial charge in [0.05, 0.1) is 6.04 Å². The van der Waals surface area contributed by atoms with Crippen LogP contribution in [0.5, 0.6) is 0 Å². The number of carbonyl (C=O) groups excluding carboxylic acids is 1. The fourth-order valence-corrected chi connectivity index (χ4v) is 3.90. The quantitative estimate of drug-likeness (QED) is 0.682. The number of nitrogen functional groups attached to an aromatic ring is 1. The Morgan fingerprint density at radius 3 is 2.77 bits per heavy atom. The van der Waals surface area contributed by atoms with Gasteiger partial charge < -0.3 is 11.1 Å². The summed E-state index contributed by atoms with van der Waals surface area (Å²) < 4.78 is 0. The van der Waals surface area contributed by atoms with Crippen LogP contribution in [0, 0.1) is 0 Å². The van der Waals surface area contributed by atoms with E-state index in [1.165, 1.54) is 27.5 Å². The van der Waals surface area contributed by atoms with Crippen molar-refractivity contribution in [1.29, 1.82) is 0 Å². The van der Waals surface area contributed by atoms with E-state index >= 15 is 0 Å². The molecule has 0 saturated heterocycles. The number of nitrogens with one attached hydrogen (secondary N) is 1. The third-order valence-corrected chi connectivity index (χ3v) is 5.27. The predicted molar refractivity (Wildman–Crippen MR) is 107 cm³/mol. The summed E-state index contributed by atoms with van der Waals surface area (Å²) in [6.07, 6.45) is 4.41. The Morgan fingerprint density at radius 1 is 1.04 bits per heavy atom. The molecule has 3 heteroatoms. The highest BCUT2D eigenvalue weighted by molar-refractivity contribution is 5.83. The van der Waals surface area contributed by atoms with Gasteiger partial charge in [-0.25, -0.2) is 0 Å². The molecule has 0 heterocycles. The Hall–Kier alpha value is -2.81. The molecule has 3 nitrogen and oxygen atoms in total. The number of rotatable bonds is 4. The number of nitrogens with two attached hydrogens (primary N) is 1. The van der Waals surface area contributed by atoms with Crippen LogP contribution in [0.2, 0.25) is 0 Å². The van der Waals surface area contributed by atoms with Crippen molar-refractivity contribution in [3.8, 4) is 0 Å². The minimum absolute atomic E-state index is 0.114. The SMILES string of the molecule is Nc1ccc2c(c1)CCCC2NC(=O)CCc1ccc2ccccc2c1. The van der Waals surface area contributed by atoms with E-state index < -0.39 is 0 Å². The molecule has 3 aromatic carbocycles. The molecule has 26 heavy (non-hydrogen) atoms. The monoisotopic (exact) mass is 344 g/mol. The van der Waals surface area contributed by atoms with Crippen molar-refractivity contribution in [2.75, 3.05) is 5.73 Å². The van der Waals surface area contributed by atoms with Gasteiger partial charge in [0.2, 0.25) is 5.91 Å². The molecule has 132 valence electrons. The van der Waals surface area contributed by atoms with Crippen LogP contribution >= 0.6 is 0 Å². The van der Waals surface area contributed by atoms with Gasteiger partial charge in [0.1, 0.15) is 0 Å². The zero-order valence-corrected chi connectivity index (χ0v) is 14.9. The van der Waals surface area contributed by atoms with Gasteiger partial charge in [-0.15, -0.1) is 0 Å². The second kappa shape index (κ2) is 7.20. The lowest BCUT2D eigenvalue weighted by Gasteiger charge is -2.26. The van der Waals surface area contributed by atoms with Gasteiger partial charge in [-0.3, -0.25) is 4.79 Å². The van der Waals surface area contributed by atoms with E-state index in [1.54, 1.807) is 0 Å². The van der Waals surface area contributed by atoms with E-state index in [9.17, 15) is 4.79 Å². The molecule has 0 spiro atoms. The number of hydrogen-bond acceptors (Lipinski definition) is 2. The fraction of sp³-hybridized carbons (Fsp3) is 0.261. The largest absolute Gasteiger partial charge is 0.399 e. The van der Waals surface area contributed by atoms with Crippen LogP contribution in [0.25, 0.3) is 10.8 Å². The van der Waals surface area contributed by atoms with Gasteiger partial charge in [-0.05, 0) is 65.3 Å². The molecule has 1 aliphatic carbocycles. The molecule has 0 radical (unpaired) electrons. The summed E-state index contributed by atoms with van der Waals surface area (Å²) >= 11 is 0. The zero-order chi connectivity index (χ0) is 17.9. The minimum atomic E-state index is 0.114. The number of anilines is 1. The zero-order valence-electron chi connectivity index (χ0n) is 14.9. The highest BCUT2D eigenvalue weighted by Crippen LogP contribution is 2.31. The van der Waals surface area contributed by atoms with E-state index in [1.807, 2.05) is 24.3 Å². The highest BCUT2D eigenvalue weighted by atomic mass is 16.1. The van der Waals surface area contributed by atoms with Crippen LogP contribution in [0.3, 0.4) is 0 Å². The molecule has 3 N–H and O–H groups in total. The van der Waals surface area contributed by atoms with E-state index in [4.69, 9.17) is 5.73 Å². The average Bonchev–Trinajstić information content (AvgIpc) is 2.66. The number of aryl methyl sites for hydroxylation is 2. The van der Waals surface area contributed by atoms with Crippen LogP contribution in [0.1, 0.15) is 42.0 Å². The Kier molecular flexibility index (Phi) is 4.61. The molecule has 0 fully saturated rings. The summed E-state index contributed by atoms with van der Waals surface area (Å²) in [5, 5.41) is 5.68. The smallest absolute Gasteiger partial charge is 0.220 e. The standard InChI is InChI=1S/C23H24N2O/c24-20-11-12-21-19(15-20)6-3-7-22(21)25-23(26)13-9-16-8-10-17-4-1-2-5-18(17)14-16/h1-2,4-5,8,10-12,14-15,22H,3,6-7,9,13,24H2,(H,25,26). The van der Waals surface area contributed by atoms with Gasteiger partial charge in [0.25, 0.3) is 0 Å². The van der Waals surface area contributed by atoms with Crippen LogP contribution in [0.15, 0.2) is 60.7 Å². The first-order chi connectivity index (χ1) is 12.7. The second-order valence-electron chi connectivity index (χ2n) is 7.15. The Labute approximate surface area is 154 Å². The molecule has 1 unspecified atom stereocenters. The van der Waals surface area contributed by atoms with Gasteiger partial charge in [0.15, 0.2) is 0 Å². The lowest BCUT2D eigenvalue weighted by atomic mass is 9.87. The molecular weight excluding hydrogens is 320 g/mol. The molecule has 0 aromatic heterocycles. The van der Waals surface area contributed by atoms with E-state index in [-0.39, 0.29) is 11.9 Å². The first-order valence-electron chi connectivity index (χ1n) is 9.34. The van der Waals surface area contributed by atoms with Crippen molar-refractivity contribution in [1.82, 2.24) is 5.32 Å². The van der Waals surface area contributed by atoms with Crippen LogP contribution < -0.4 is 11.1 Å². The molecule has 0 saturated carbocycles. The predicted octanol–water partition coefficient (Wildman–Crippen LogP) is 4.55. The number of carbonyl (C=O) groups is 1. The summed E-state index contributed by atoms with van der Waals surface area (Å²) in [5.41, 5.74) is 10.4. The first-order valence-corrected chi connectivity index (χ1v) is 9.34. The number of fused-ring (bicyclic) bond motifs is 2. The van der Waals surface area contributed by atoms with Crippen molar-refractivity contribution in [3.05, 3.63) is 77.4 Å². The van der Waals surface area contributed by atoms with Gasteiger partial charge in [-0.2, -0.15) is 0 Å². The molecule has 0 bridgehead atoms. The molecule has 1 amide bonds. The van der Waals surface area contributed by atoms with Crippen molar-refractivity contribution in [3.63, 3.8) is 0 Å². The maximum Gasteiger partial charge on any atom is 0.220 e. The third kappa shape index (κ3) is 3.57. The lowest BCUT2D eigenvalue weighted by molar-refractivity contribution is -0.121. The molecule has 1 atom stereocenters. The van der Waals surface area contributed by atoms with Crippen LogP contribution in [-0.2, 0) is 17.6 Å². The fourth-order valence-electron chi connectivity index (χ4n) is 3.90. The van der Waals surface area contributed by atoms with Crippen molar-refractivity contribution in [2.45, 2.75) is 38.1 Å². The third-order valence-electron chi connectivity index (χ3n) is 5.27. The number of amides is 1. The number of hydrogen-bond donors (Lipinski definition) is 2. The Morgan fingerprint density at radius 2 is 1.88 bits per heavy atom. The molecule has 4 rings (SSSR count). The summed E-state index contributed by atoms with van der Waals surface area (Å²) in [6, 6.07) is 20.9. The summed E-state index contributed by atoms with van der Waals surface area (Å²) in [4.78, 5) is 12.5. The lowest BCUT2D eigenvalue weighted by Crippen LogP contribution is -2.31. The minimum Gasteiger partial charge on any atom is -0.399 e. The topological polar surface area (TPSA) is 55.1 Å². The summed E-state index contributed by atoms with van der Waals surface area (Å²) in [5.74, 6) is 0.118. The van der Waals surface area contributed by atoms with Crippen LogP contribution in [-0.4, -0.2) is 5.91 Å². The normalized spacial score (nSPS) is 16.2. The second-order valence-corrected chi connectivity index (χ2v) is 7.15. The van der Waals surface area contributed by atoms with E-state index in [0.717, 1.165) is 31.4 Å². The highest BCUT2D eigenvalue weighted by Gasteiger charge is 2.21. The van der Waals surface area contributed by atoms with Crippen molar-refractivity contribution >= 4 is 22.4 Å². The Balaban J connectivity index is 1.40. The molecular formula is C23H24N2O. The molecule has 0 aliphatic heterocycles. The van der Waals surface area contributed by atoms with Crippen LogP contribution in [0.4, 0.5) is 5.69 Å². The van der Waals surface area contributed by atoms with Gasteiger partial charge in [-0.1, -0.05) is 48.5 Å². The van der Waals surface area contributed by atoms with E-state index in [2.05, 4.69) is 41.7 Å². The first kappa shape index (κ1) is 16.6. The van der Waals surface area contributed by atoms with Crippen molar-refractivity contribution in [2.24, 2.45) is 0 Å². The summed E-state index contributed by atoms with van der Waals surface area (Å²) in [6.45, 7) is 0.